The van der Waals surface area contributed by atoms with Gasteiger partial charge in [0.15, 0.2) is 0 Å². The van der Waals surface area contributed by atoms with E-state index in [1.165, 1.54) is 7.11 Å². The molecular formula is C10H17F3N2O2. The third-order valence-corrected chi connectivity index (χ3v) is 2.70. The lowest BCUT2D eigenvalue weighted by Gasteiger charge is -2.34. The van der Waals surface area contributed by atoms with Crippen LogP contribution in [0.15, 0.2) is 0 Å². The van der Waals surface area contributed by atoms with Gasteiger partial charge in [-0.05, 0) is 0 Å². The van der Waals surface area contributed by atoms with Gasteiger partial charge in [0.25, 0.3) is 0 Å². The third-order valence-electron chi connectivity index (χ3n) is 2.70. The Bertz CT molecular complexity index is 250. The van der Waals surface area contributed by atoms with E-state index in [2.05, 4.69) is 0 Å². The normalized spacial score (nSPS) is 18.5. The lowest BCUT2D eigenvalue weighted by Crippen LogP contribution is -2.50. The van der Waals surface area contributed by atoms with Gasteiger partial charge in [-0.3, -0.25) is 9.69 Å². The van der Waals surface area contributed by atoms with Gasteiger partial charge in [-0.15, -0.1) is 0 Å². The number of alkyl halides is 3. The minimum Gasteiger partial charge on any atom is -0.375 e. The summed E-state index contributed by atoms with van der Waals surface area (Å²) in [4.78, 5) is 14.8. The zero-order chi connectivity index (χ0) is 12.9. The van der Waals surface area contributed by atoms with Crippen LogP contribution in [0, 0.1) is 0 Å². The van der Waals surface area contributed by atoms with E-state index in [9.17, 15) is 18.0 Å². The molecule has 1 heterocycles. The van der Waals surface area contributed by atoms with Crippen LogP contribution in [0.3, 0.4) is 0 Å². The number of rotatable bonds is 4. The van der Waals surface area contributed by atoms with Crippen LogP contribution >= 0.6 is 0 Å². The van der Waals surface area contributed by atoms with E-state index in [-0.39, 0.29) is 19.1 Å². The fraction of sp³-hybridized carbons (Fsp3) is 0.900. The first kappa shape index (κ1) is 14.2. The Morgan fingerprint density at radius 1 is 1.24 bits per heavy atom. The number of ether oxygens (including phenoxy) is 1. The smallest absolute Gasteiger partial charge is 0.375 e. The molecule has 0 atom stereocenters. The summed E-state index contributed by atoms with van der Waals surface area (Å²) in [5, 5.41) is 0. The monoisotopic (exact) mass is 254 g/mol. The predicted octanol–water partition coefficient (Wildman–Crippen LogP) is 0.729. The SMILES string of the molecule is COCC(=O)N1CCN(CCC(F)(F)F)CC1. The molecule has 1 aliphatic rings. The molecule has 0 aromatic rings. The van der Waals surface area contributed by atoms with Crippen molar-refractivity contribution >= 4 is 5.91 Å². The van der Waals surface area contributed by atoms with E-state index in [1.54, 1.807) is 9.80 Å². The van der Waals surface area contributed by atoms with E-state index >= 15 is 0 Å². The summed E-state index contributed by atoms with van der Waals surface area (Å²) in [5.74, 6) is -0.108. The molecule has 0 aliphatic carbocycles. The Balaban J connectivity index is 2.24. The second-order valence-corrected chi connectivity index (χ2v) is 4.02. The summed E-state index contributed by atoms with van der Waals surface area (Å²) in [5.41, 5.74) is 0. The molecule has 0 N–H and O–H groups in total. The average Bonchev–Trinajstić information content (AvgIpc) is 2.26. The predicted molar refractivity (Wildman–Crippen MR) is 55.6 cm³/mol. The van der Waals surface area contributed by atoms with Gasteiger partial charge in [0, 0.05) is 39.8 Å². The molecule has 0 saturated carbocycles. The first-order valence-electron chi connectivity index (χ1n) is 5.48. The van der Waals surface area contributed by atoms with Crippen LogP contribution in [0.4, 0.5) is 13.2 Å². The van der Waals surface area contributed by atoms with E-state index in [0.717, 1.165) is 0 Å². The van der Waals surface area contributed by atoms with Crippen molar-refractivity contribution in [2.75, 3.05) is 46.4 Å². The van der Waals surface area contributed by atoms with Crippen LogP contribution in [0.5, 0.6) is 0 Å². The second kappa shape index (κ2) is 6.20. The van der Waals surface area contributed by atoms with E-state index in [1.807, 2.05) is 0 Å². The largest absolute Gasteiger partial charge is 0.390 e. The standard InChI is InChI=1S/C10H17F3N2O2/c1-17-8-9(16)15-6-4-14(5-7-15)3-2-10(11,12)13/h2-8H2,1H3. The number of carbonyl (C=O) groups excluding carboxylic acids is 1. The quantitative estimate of drug-likeness (QED) is 0.741. The van der Waals surface area contributed by atoms with Crippen molar-refractivity contribution in [3.05, 3.63) is 0 Å². The fourth-order valence-electron chi connectivity index (χ4n) is 1.72. The second-order valence-electron chi connectivity index (χ2n) is 4.02. The first-order chi connectivity index (χ1) is 7.92. The summed E-state index contributed by atoms with van der Waals surface area (Å²) < 4.78 is 40.7. The van der Waals surface area contributed by atoms with Crippen molar-refractivity contribution in [3.8, 4) is 0 Å². The summed E-state index contributed by atoms with van der Waals surface area (Å²) in [7, 11) is 1.44. The number of hydrogen-bond acceptors (Lipinski definition) is 3. The molecule has 0 aromatic heterocycles. The minimum absolute atomic E-state index is 0.00973. The Morgan fingerprint density at radius 2 is 1.82 bits per heavy atom. The van der Waals surface area contributed by atoms with E-state index < -0.39 is 12.6 Å². The van der Waals surface area contributed by atoms with Crippen molar-refractivity contribution < 1.29 is 22.7 Å². The number of halogens is 3. The van der Waals surface area contributed by atoms with E-state index in [0.29, 0.717) is 26.2 Å². The first-order valence-corrected chi connectivity index (χ1v) is 5.48. The number of methoxy groups -OCH3 is 1. The van der Waals surface area contributed by atoms with Gasteiger partial charge in [0.2, 0.25) is 5.91 Å². The molecule has 0 radical (unpaired) electrons. The highest BCUT2D eigenvalue weighted by Gasteiger charge is 2.29. The van der Waals surface area contributed by atoms with Gasteiger partial charge < -0.3 is 9.64 Å². The molecule has 1 aliphatic heterocycles. The van der Waals surface area contributed by atoms with Crippen LogP contribution in [-0.2, 0) is 9.53 Å². The van der Waals surface area contributed by atoms with Crippen LogP contribution in [0.2, 0.25) is 0 Å². The van der Waals surface area contributed by atoms with Crippen LogP contribution in [0.25, 0.3) is 0 Å². The Labute approximate surface area is 98.3 Å². The van der Waals surface area contributed by atoms with Crippen LogP contribution in [0.1, 0.15) is 6.42 Å². The van der Waals surface area contributed by atoms with Gasteiger partial charge in [-0.2, -0.15) is 13.2 Å². The molecule has 0 spiro atoms. The molecule has 1 fully saturated rings. The van der Waals surface area contributed by atoms with Gasteiger partial charge in [-0.1, -0.05) is 0 Å². The zero-order valence-electron chi connectivity index (χ0n) is 9.79. The van der Waals surface area contributed by atoms with Gasteiger partial charge in [0.1, 0.15) is 6.61 Å². The van der Waals surface area contributed by atoms with Crippen molar-refractivity contribution in [3.63, 3.8) is 0 Å². The summed E-state index contributed by atoms with van der Waals surface area (Å²) >= 11 is 0. The molecule has 100 valence electrons. The van der Waals surface area contributed by atoms with Gasteiger partial charge in [-0.25, -0.2) is 0 Å². The molecule has 17 heavy (non-hydrogen) atoms. The fourth-order valence-corrected chi connectivity index (χ4v) is 1.72. The molecule has 4 nitrogen and oxygen atoms in total. The zero-order valence-corrected chi connectivity index (χ0v) is 9.79. The Morgan fingerprint density at radius 3 is 2.29 bits per heavy atom. The highest BCUT2D eigenvalue weighted by atomic mass is 19.4. The van der Waals surface area contributed by atoms with Crippen molar-refractivity contribution in [2.45, 2.75) is 12.6 Å². The highest BCUT2D eigenvalue weighted by molar-refractivity contribution is 5.77. The molecular weight excluding hydrogens is 237 g/mol. The highest BCUT2D eigenvalue weighted by Crippen LogP contribution is 2.20. The van der Waals surface area contributed by atoms with Crippen molar-refractivity contribution in [1.29, 1.82) is 0 Å². The van der Waals surface area contributed by atoms with Crippen LogP contribution < -0.4 is 0 Å². The lowest BCUT2D eigenvalue weighted by atomic mass is 10.3. The van der Waals surface area contributed by atoms with Crippen LogP contribution in [-0.4, -0.2) is 68.3 Å². The number of piperazine rings is 1. The van der Waals surface area contributed by atoms with Gasteiger partial charge in [0.05, 0.1) is 6.42 Å². The summed E-state index contributed by atoms with van der Waals surface area (Å²) in [6.07, 6.45) is -4.90. The number of carbonyl (C=O) groups is 1. The maximum absolute atomic E-state index is 12.0. The number of amides is 1. The van der Waals surface area contributed by atoms with Crippen molar-refractivity contribution in [2.24, 2.45) is 0 Å². The topological polar surface area (TPSA) is 32.8 Å². The molecule has 1 rings (SSSR count). The molecule has 1 amide bonds. The third kappa shape index (κ3) is 5.36. The lowest BCUT2D eigenvalue weighted by molar-refractivity contribution is -0.143. The Hall–Kier alpha value is -0.820. The molecule has 0 bridgehead atoms. The summed E-state index contributed by atoms with van der Waals surface area (Å²) in [6.45, 7) is 1.97. The molecule has 0 unspecified atom stereocenters. The maximum Gasteiger partial charge on any atom is 0.390 e. The molecule has 7 heteroatoms. The average molecular weight is 254 g/mol. The van der Waals surface area contributed by atoms with Crippen molar-refractivity contribution in [1.82, 2.24) is 9.80 Å². The van der Waals surface area contributed by atoms with Gasteiger partial charge >= 0.3 is 6.18 Å². The summed E-state index contributed by atoms with van der Waals surface area (Å²) in [6, 6.07) is 0. The molecule has 1 saturated heterocycles. The minimum atomic E-state index is -4.11. The van der Waals surface area contributed by atoms with E-state index in [4.69, 9.17) is 4.74 Å². The molecule has 0 aromatic carbocycles. The Kier molecular flexibility index (Phi) is 5.20. The number of hydrogen-bond donors (Lipinski definition) is 0. The maximum atomic E-state index is 12.0. The number of nitrogens with zero attached hydrogens (tertiary/aromatic N) is 2.